The number of halogens is 1. The van der Waals surface area contributed by atoms with Crippen molar-refractivity contribution in [3.05, 3.63) is 35.1 Å². The number of benzene rings is 1. The molecule has 0 amide bonds. The Morgan fingerprint density at radius 2 is 1.84 bits per heavy atom. The molecule has 1 fully saturated rings. The Kier molecular flexibility index (Phi) is 4.58. The Morgan fingerprint density at radius 1 is 1.21 bits per heavy atom. The molecule has 0 heterocycles. The molecule has 0 aromatic heterocycles. The van der Waals surface area contributed by atoms with Crippen LogP contribution in [-0.2, 0) is 0 Å². The van der Waals surface area contributed by atoms with E-state index < -0.39 is 0 Å². The first kappa shape index (κ1) is 14.5. The van der Waals surface area contributed by atoms with Crippen LogP contribution in [0.25, 0.3) is 0 Å². The number of rotatable bonds is 3. The van der Waals surface area contributed by atoms with Crippen molar-refractivity contribution in [3.8, 4) is 0 Å². The van der Waals surface area contributed by atoms with Gasteiger partial charge < -0.3 is 10.6 Å². The molecule has 1 aliphatic carbocycles. The smallest absolute Gasteiger partial charge is 0.126 e. The third-order valence-electron chi connectivity index (χ3n) is 4.34. The van der Waals surface area contributed by atoms with E-state index in [0.29, 0.717) is 18.0 Å². The van der Waals surface area contributed by atoms with E-state index in [-0.39, 0.29) is 5.82 Å². The Bertz CT molecular complexity index is 423. The van der Waals surface area contributed by atoms with E-state index >= 15 is 0 Å². The fourth-order valence-electron chi connectivity index (χ4n) is 3.30. The fraction of sp³-hybridized carbons (Fsp3) is 0.625. The van der Waals surface area contributed by atoms with Crippen molar-refractivity contribution in [2.24, 2.45) is 11.7 Å². The lowest BCUT2D eigenvalue weighted by Gasteiger charge is -2.37. The van der Waals surface area contributed by atoms with Gasteiger partial charge in [0.25, 0.3) is 0 Å². The predicted molar refractivity (Wildman–Crippen MR) is 77.5 cm³/mol. The molecule has 2 nitrogen and oxygen atoms in total. The Labute approximate surface area is 115 Å². The molecule has 0 saturated heterocycles. The molecule has 0 spiro atoms. The zero-order chi connectivity index (χ0) is 14.0. The Morgan fingerprint density at radius 3 is 2.37 bits per heavy atom. The average molecular weight is 264 g/mol. The fourth-order valence-corrected chi connectivity index (χ4v) is 3.30. The number of aryl methyl sites for hydroxylation is 1. The molecule has 0 radical (unpaired) electrons. The van der Waals surface area contributed by atoms with Crippen molar-refractivity contribution in [1.29, 1.82) is 0 Å². The minimum atomic E-state index is -0.119. The second-order valence-corrected chi connectivity index (χ2v) is 6.09. The molecule has 0 aliphatic heterocycles. The van der Waals surface area contributed by atoms with Gasteiger partial charge in [0.2, 0.25) is 0 Å². The van der Waals surface area contributed by atoms with Crippen LogP contribution in [0, 0.1) is 18.7 Å². The first-order chi connectivity index (χ1) is 8.99. The summed E-state index contributed by atoms with van der Waals surface area (Å²) in [6, 6.07) is 6.26. The first-order valence-electron chi connectivity index (χ1n) is 7.17. The van der Waals surface area contributed by atoms with Crippen LogP contribution in [0.15, 0.2) is 18.2 Å². The minimum Gasteiger partial charge on any atom is -0.328 e. The quantitative estimate of drug-likeness (QED) is 0.908. The third-order valence-corrected chi connectivity index (χ3v) is 4.34. The van der Waals surface area contributed by atoms with Gasteiger partial charge in [-0.25, -0.2) is 4.39 Å². The molecular formula is C16H25FN2. The van der Waals surface area contributed by atoms with Crippen LogP contribution in [0.5, 0.6) is 0 Å². The molecule has 1 aliphatic rings. The summed E-state index contributed by atoms with van der Waals surface area (Å²) >= 11 is 0. The lowest BCUT2D eigenvalue weighted by Crippen LogP contribution is -2.34. The van der Waals surface area contributed by atoms with Crippen LogP contribution in [0.1, 0.15) is 42.9 Å². The topological polar surface area (TPSA) is 29.3 Å². The molecule has 0 bridgehead atoms. The summed E-state index contributed by atoms with van der Waals surface area (Å²) in [5.74, 6) is 0.506. The van der Waals surface area contributed by atoms with Crippen molar-refractivity contribution in [1.82, 2.24) is 4.90 Å². The normalized spacial score (nSPS) is 25.6. The molecule has 1 atom stereocenters. The second kappa shape index (κ2) is 6.02. The highest BCUT2D eigenvalue weighted by molar-refractivity contribution is 5.27. The van der Waals surface area contributed by atoms with Crippen molar-refractivity contribution in [2.45, 2.75) is 44.7 Å². The summed E-state index contributed by atoms with van der Waals surface area (Å²) < 4.78 is 13.4. The van der Waals surface area contributed by atoms with Crippen LogP contribution in [0.2, 0.25) is 0 Å². The Balaban J connectivity index is 2.22. The molecule has 19 heavy (non-hydrogen) atoms. The van der Waals surface area contributed by atoms with E-state index in [1.165, 1.54) is 18.4 Å². The molecule has 106 valence electrons. The highest BCUT2D eigenvalue weighted by atomic mass is 19.1. The van der Waals surface area contributed by atoms with Gasteiger partial charge in [0.1, 0.15) is 5.82 Å². The van der Waals surface area contributed by atoms with Gasteiger partial charge in [0.15, 0.2) is 0 Å². The molecule has 1 aromatic rings. The molecule has 2 N–H and O–H groups in total. The predicted octanol–water partition coefficient (Wildman–Crippen LogP) is 3.25. The van der Waals surface area contributed by atoms with E-state index in [4.69, 9.17) is 5.73 Å². The summed E-state index contributed by atoms with van der Waals surface area (Å²) in [4.78, 5) is 2.26. The lowest BCUT2D eigenvalue weighted by molar-refractivity contribution is 0.164. The SMILES string of the molecule is Cc1cc(C(C2CCC(N)CC2)N(C)C)ccc1F. The monoisotopic (exact) mass is 264 g/mol. The first-order valence-corrected chi connectivity index (χ1v) is 7.17. The van der Waals surface area contributed by atoms with Gasteiger partial charge in [-0.2, -0.15) is 0 Å². The van der Waals surface area contributed by atoms with Crippen LogP contribution in [-0.4, -0.2) is 25.0 Å². The average Bonchev–Trinajstić information content (AvgIpc) is 2.36. The van der Waals surface area contributed by atoms with Crippen LogP contribution in [0.4, 0.5) is 4.39 Å². The van der Waals surface area contributed by atoms with Gasteiger partial charge in [-0.3, -0.25) is 0 Å². The number of hydrogen-bond donors (Lipinski definition) is 1. The number of nitrogens with zero attached hydrogens (tertiary/aromatic N) is 1. The molecule has 2 rings (SSSR count). The largest absolute Gasteiger partial charge is 0.328 e. The van der Waals surface area contributed by atoms with Gasteiger partial charge in [-0.05, 0) is 69.8 Å². The van der Waals surface area contributed by atoms with E-state index in [1.807, 2.05) is 19.1 Å². The maximum absolute atomic E-state index is 13.4. The van der Waals surface area contributed by atoms with E-state index in [0.717, 1.165) is 18.4 Å². The zero-order valence-electron chi connectivity index (χ0n) is 12.2. The standard InChI is InChI=1S/C16H25FN2/c1-11-10-13(6-9-15(11)17)16(19(2)3)12-4-7-14(18)8-5-12/h6,9-10,12,14,16H,4-5,7-8,18H2,1-3H3. The van der Waals surface area contributed by atoms with E-state index in [1.54, 1.807) is 6.07 Å². The molecule has 1 aromatic carbocycles. The van der Waals surface area contributed by atoms with Crippen LogP contribution >= 0.6 is 0 Å². The van der Waals surface area contributed by atoms with Gasteiger partial charge in [0, 0.05) is 12.1 Å². The van der Waals surface area contributed by atoms with E-state index in [9.17, 15) is 4.39 Å². The van der Waals surface area contributed by atoms with Gasteiger partial charge >= 0.3 is 0 Å². The maximum Gasteiger partial charge on any atom is 0.126 e. The maximum atomic E-state index is 13.4. The molecule has 3 heteroatoms. The highest BCUT2D eigenvalue weighted by Crippen LogP contribution is 2.37. The van der Waals surface area contributed by atoms with Crippen molar-refractivity contribution in [3.63, 3.8) is 0 Å². The van der Waals surface area contributed by atoms with Crippen LogP contribution in [0.3, 0.4) is 0 Å². The lowest BCUT2D eigenvalue weighted by atomic mass is 9.79. The number of hydrogen-bond acceptors (Lipinski definition) is 2. The Hall–Kier alpha value is -0.930. The number of nitrogens with two attached hydrogens (primary N) is 1. The van der Waals surface area contributed by atoms with Gasteiger partial charge in [0.05, 0.1) is 0 Å². The highest BCUT2D eigenvalue weighted by Gasteiger charge is 2.29. The van der Waals surface area contributed by atoms with Crippen molar-refractivity contribution >= 4 is 0 Å². The zero-order valence-corrected chi connectivity index (χ0v) is 12.2. The third kappa shape index (κ3) is 3.34. The summed E-state index contributed by atoms with van der Waals surface area (Å²) in [5, 5.41) is 0. The summed E-state index contributed by atoms with van der Waals surface area (Å²) in [6.45, 7) is 1.84. The summed E-state index contributed by atoms with van der Waals surface area (Å²) in [6.07, 6.45) is 4.55. The van der Waals surface area contributed by atoms with Gasteiger partial charge in [-0.1, -0.05) is 12.1 Å². The second-order valence-electron chi connectivity index (χ2n) is 6.09. The summed E-state index contributed by atoms with van der Waals surface area (Å²) in [5.41, 5.74) is 7.95. The van der Waals surface area contributed by atoms with Gasteiger partial charge in [-0.15, -0.1) is 0 Å². The molecule has 1 unspecified atom stereocenters. The van der Waals surface area contributed by atoms with Crippen molar-refractivity contribution < 1.29 is 4.39 Å². The van der Waals surface area contributed by atoms with Crippen LogP contribution < -0.4 is 5.73 Å². The van der Waals surface area contributed by atoms with E-state index in [2.05, 4.69) is 19.0 Å². The minimum absolute atomic E-state index is 0.119. The molecule has 1 saturated carbocycles. The van der Waals surface area contributed by atoms with Crippen molar-refractivity contribution in [2.75, 3.05) is 14.1 Å². The summed E-state index contributed by atoms with van der Waals surface area (Å²) in [7, 11) is 4.22. The molecular weight excluding hydrogens is 239 g/mol.